The number of amides is 1. The number of aryl methyl sites for hydroxylation is 1. The fraction of sp³-hybridized carbons (Fsp3) is 0.385. The van der Waals surface area contributed by atoms with E-state index in [-0.39, 0.29) is 17.4 Å². The van der Waals surface area contributed by atoms with Crippen LogP contribution in [-0.2, 0) is 16.0 Å². The molecule has 1 heterocycles. The lowest BCUT2D eigenvalue weighted by Crippen LogP contribution is -2.40. The summed E-state index contributed by atoms with van der Waals surface area (Å²) in [6, 6.07) is 14.4. The van der Waals surface area contributed by atoms with E-state index in [1.54, 1.807) is 29.2 Å². The minimum atomic E-state index is -0.626. The van der Waals surface area contributed by atoms with Gasteiger partial charge in [0.1, 0.15) is 11.5 Å². The molecule has 0 bridgehead atoms. The fourth-order valence-corrected chi connectivity index (χ4v) is 4.83. The summed E-state index contributed by atoms with van der Waals surface area (Å²) in [6.45, 7) is 2.09. The van der Waals surface area contributed by atoms with Crippen molar-refractivity contribution in [2.45, 2.75) is 57.5 Å². The Bertz CT molecular complexity index is 1000. The summed E-state index contributed by atoms with van der Waals surface area (Å²) in [7, 11) is 1.52. The number of carbonyl (C=O) groups excluding carboxylic acids is 2. The fourth-order valence-electron chi connectivity index (χ4n) is 4.83. The van der Waals surface area contributed by atoms with E-state index in [0.29, 0.717) is 11.3 Å². The van der Waals surface area contributed by atoms with E-state index in [4.69, 9.17) is 4.74 Å². The number of methoxy groups -OCH3 is 1. The Labute approximate surface area is 183 Å². The van der Waals surface area contributed by atoms with Crippen LogP contribution in [0.15, 0.2) is 54.1 Å². The molecule has 4 rings (SSSR count). The van der Waals surface area contributed by atoms with Crippen LogP contribution in [0.1, 0.15) is 61.8 Å². The van der Waals surface area contributed by atoms with Gasteiger partial charge in [-0.05, 0) is 42.5 Å². The van der Waals surface area contributed by atoms with Crippen molar-refractivity contribution < 1.29 is 19.4 Å². The van der Waals surface area contributed by atoms with E-state index in [0.717, 1.165) is 44.1 Å². The van der Waals surface area contributed by atoms with Gasteiger partial charge in [0.05, 0.1) is 24.3 Å². The zero-order valence-corrected chi connectivity index (χ0v) is 18.1. The quantitative estimate of drug-likeness (QED) is 0.420. The van der Waals surface area contributed by atoms with Gasteiger partial charge >= 0.3 is 0 Å². The summed E-state index contributed by atoms with van der Waals surface area (Å²) < 4.78 is 5.40. The van der Waals surface area contributed by atoms with Crippen LogP contribution >= 0.6 is 0 Å². The topological polar surface area (TPSA) is 66.8 Å². The summed E-state index contributed by atoms with van der Waals surface area (Å²) in [6.07, 6.45) is 5.90. The lowest BCUT2D eigenvalue weighted by Gasteiger charge is -2.35. The van der Waals surface area contributed by atoms with E-state index in [1.165, 1.54) is 12.7 Å². The molecule has 2 aliphatic rings. The van der Waals surface area contributed by atoms with E-state index in [2.05, 4.69) is 6.92 Å². The Hall–Kier alpha value is -3.08. The number of nitrogens with zero attached hydrogens (tertiary/aromatic N) is 1. The molecule has 0 aromatic heterocycles. The Morgan fingerprint density at radius 2 is 1.71 bits per heavy atom. The van der Waals surface area contributed by atoms with E-state index in [1.807, 2.05) is 24.3 Å². The average molecular weight is 420 g/mol. The third-order valence-corrected chi connectivity index (χ3v) is 6.51. The van der Waals surface area contributed by atoms with Crippen LogP contribution in [0.2, 0.25) is 0 Å². The number of ketones is 1. The van der Waals surface area contributed by atoms with Crippen molar-refractivity contribution in [2.75, 3.05) is 7.11 Å². The molecule has 5 heteroatoms. The third kappa shape index (κ3) is 3.85. The van der Waals surface area contributed by atoms with Crippen LogP contribution in [-0.4, -0.2) is 34.8 Å². The number of hydrogen-bond acceptors (Lipinski definition) is 4. The second kappa shape index (κ2) is 8.96. The van der Waals surface area contributed by atoms with Gasteiger partial charge in [-0.2, -0.15) is 0 Å². The molecule has 1 saturated carbocycles. The number of hydrogen-bond donors (Lipinski definition) is 1. The summed E-state index contributed by atoms with van der Waals surface area (Å²) in [5.41, 5.74) is 2.59. The highest BCUT2D eigenvalue weighted by molar-refractivity contribution is 6.46. The zero-order valence-electron chi connectivity index (χ0n) is 18.1. The molecule has 1 N–H and O–H groups in total. The summed E-state index contributed by atoms with van der Waals surface area (Å²) >= 11 is 0. The molecule has 2 aromatic rings. The van der Waals surface area contributed by atoms with Gasteiger partial charge in [0.25, 0.3) is 11.7 Å². The van der Waals surface area contributed by atoms with Crippen molar-refractivity contribution in [3.8, 4) is 5.75 Å². The average Bonchev–Trinajstić information content (AvgIpc) is 3.09. The van der Waals surface area contributed by atoms with Crippen LogP contribution < -0.4 is 4.74 Å². The highest BCUT2D eigenvalue weighted by Crippen LogP contribution is 2.44. The van der Waals surface area contributed by atoms with Crippen molar-refractivity contribution >= 4 is 17.4 Å². The first-order chi connectivity index (χ1) is 15.1. The van der Waals surface area contributed by atoms with Gasteiger partial charge in [-0.1, -0.05) is 62.6 Å². The first-order valence-corrected chi connectivity index (χ1v) is 11.1. The maximum Gasteiger partial charge on any atom is 0.295 e. The van der Waals surface area contributed by atoms with Gasteiger partial charge < -0.3 is 14.7 Å². The van der Waals surface area contributed by atoms with Gasteiger partial charge in [0.15, 0.2) is 0 Å². The number of carbonyl (C=O) groups is 2. The molecule has 5 nitrogen and oxygen atoms in total. The van der Waals surface area contributed by atoms with E-state index in [9.17, 15) is 14.7 Å². The van der Waals surface area contributed by atoms with Crippen molar-refractivity contribution in [1.82, 2.24) is 4.90 Å². The molecular weight excluding hydrogens is 390 g/mol. The molecule has 1 atom stereocenters. The first kappa shape index (κ1) is 21.2. The summed E-state index contributed by atoms with van der Waals surface area (Å²) in [5, 5.41) is 11.3. The highest BCUT2D eigenvalue weighted by atomic mass is 16.5. The lowest BCUT2D eigenvalue weighted by atomic mass is 9.90. The summed E-state index contributed by atoms with van der Waals surface area (Å²) in [5.74, 6) is -0.867. The molecule has 2 aromatic carbocycles. The maximum atomic E-state index is 13.2. The Balaban J connectivity index is 1.88. The van der Waals surface area contributed by atoms with Gasteiger partial charge in [-0.3, -0.25) is 9.59 Å². The van der Waals surface area contributed by atoms with Gasteiger partial charge in [0, 0.05) is 6.04 Å². The van der Waals surface area contributed by atoms with Gasteiger partial charge in [-0.25, -0.2) is 0 Å². The third-order valence-electron chi connectivity index (χ3n) is 6.51. The monoisotopic (exact) mass is 419 g/mol. The Morgan fingerprint density at radius 1 is 1.03 bits per heavy atom. The van der Waals surface area contributed by atoms with Gasteiger partial charge in [0.2, 0.25) is 0 Å². The molecular formula is C26H29NO4. The Morgan fingerprint density at radius 3 is 2.35 bits per heavy atom. The minimum absolute atomic E-state index is 0.00372. The molecule has 1 unspecified atom stereocenters. The van der Waals surface area contributed by atoms with Crippen molar-refractivity contribution in [3.05, 3.63) is 70.8 Å². The molecule has 1 amide bonds. The largest absolute Gasteiger partial charge is 0.507 e. The van der Waals surface area contributed by atoms with E-state index < -0.39 is 17.7 Å². The number of Topliss-reactive ketones (excluding diaryl/α,β-unsaturated/α-hetero) is 1. The molecule has 1 aliphatic heterocycles. The van der Waals surface area contributed by atoms with Crippen LogP contribution in [0.3, 0.4) is 0 Å². The van der Waals surface area contributed by atoms with Gasteiger partial charge in [-0.15, -0.1) is 0 Å². The van der Waals surface area contributed by atoms with E-state index >= 15 is 0 Å². The number of benzene rings is 2. The molecule has 31 heavy (non-hydrogen) atoms. The predicted octanol–water partition coefficient (Wildman–Crippen LogP) is 5.01. The second-order valence-corrected chi connectivity index (χ2v) is 8.29. The predicted molar refractivity (Wildman–Crippen MR) is 120 cm³/mol. The van der Waals surface area contributed by atoms with Crippen LogP contribution in [0.25, 0.3) is 5.76 Å². The second-order valence-electron chi connectivity index (χ2n) is 8.29. The molecule has 1 aliphatic carbocycles. The number of para-hydroxylation sites is 1. The normalized spacial score (nSPS) is 21.5. The number of likely N-dealkylation sites (tertiary alicyclic amines) is 1. The zero-order chi connectivity index (χ0) is 22.0. The molecule has 0 spiro atoms. The number of rotatable bonds is 5. The number of aliphatic hydroxyl groups excluding tert-OH is 1. The van der Waals surface area contributed by atoms with Crippen LogP contribution in [0.4, 0.5) is 0 Å². The van der Waals surface area contributed by atoms with Crippen LogP contribution in [0.5, 0.6) is 5.75 Å². The van der Waals surface area contributed by atoms with Crippen LogP contribution in [0, 0.1) is 0 Å². The maximum absolute atomic E-state index is 13.2. The molecule has 162 valence electrons. The first-order valence-electron chi connectivity index (χ1n) is 11.1. The minimum Gasteiger partial charge on any atom is -0.507 e. The lowest BCUT2D eigenvalue weighted by molar-refractivity contribution is -0.141. The number of aliphatic hydroxyl groups is 1. The van der Waals surface area contributed by atoms with Crippen molar-refractivity contribution in [1.29, 1.82) is 0 Å². The SMILES string of the molecule is CCc1ccc(C2/C(=C(/O)c3ccccc3OC)C(=O)C(=O)N2C2CCCCC2)cc1. The molecule has 2 fully saturated rings. The highest BCUT2D eigenvalue weighted by Gasteiger charge is 2.49. The smallest absolute Gasteiger partial charge is 0.295 e. The summed E-state index contributed by atoms with van der Waals surface area (Å²) in [4.78, 5) is 28.2. The molecule has 0 radical (unpaired) electrons. The Kier molecular flexibility index (Phi) is 6.12. The van der Waals surface area contributed by atoms with Crippen molar-refractivity contribution in [2.24, 2.45) is 0 Å². The molecule has 1 saturated heterocycles. The number of ether oxygens (including phenoxy) is 1. The standard InChI is InChI=1S/C26H29NO4/c1-3-17-13-15-18(16-14-17)23-22(24(28)20-11-7-8-12-21(20)31-2)25(29)26(30)27(23)19-9-5-4-6-10-19/h7-8,11-16,19,23,28H,3-6,9-10H2,1-2H3/b24-22-. The van der Waals surface area contributed by atoms with Crippen molar-refractivity contribution in [3.63, 3.8) is 0 Å².